The molecule has 3 nitrogen and oxygen atoms in total. The fraction of sp³-hybridized carbons (Fsp3) is 1.00. The maximum atomic E-state index is 6.34. The first-order chi connectivity index (χ1) is 8.59. The zero-order valence-corrected chi connectivity index (χ0v) is 15.5. The Kier molecular flexibility index (Phi) is 8.70. The van der Waals surface area contributed by atoms with Gasteiger partial charge in [-0.1, -0.05) is 0 Å². The van der Waals surface area contributed by atoms with Crippen molar-refractivity contribution in [3.05, 3.63) is 0 Å². The van der Waals surface area contributed by atoms with Gasteiger partial charge in [0.1, 0.15) is 0 Å². The molecule has 0 N–H and O–H groups in total. The van der Waals surface area contributed by atoms with Crippen molar-refractivity contribution in [2.24, 2.45) is 0 Å². The molecule has 0 atom stereocenters. The molecule has 0 spiro atoms. The molecular weight excluding hydrogens is 255 g/mol. The summed E-state index contributed by atoms with van der Waals surface area (Å²) in [5, 5.41) is 0. The monoisotopic (exact) mass is 290 g/mol. The lowest BCUT2D eigenvalue weighted by Crippen LogP contribution is -2.43. The molecule has 0 aliphatic heterocycles. The number of hydrogen-bond acceptors (Lipinski definition) is 3. The van der Waals surface area contributed by atoms with Crippen LogP contribution in [0.2, 0.25) is 0 Å². The summed E-state index contributed by atoms with van der Waals surface area (Å²) in [6.07, 6.45) is 0.256. The molecule has 0 aliphatic carbocycles. The summed E-state index contributed by atoms with van der Waals surface area (Å²) in [7, 11) is -0.718. The summed E-state index contributed by atoms with van der Waals surface area (Å²) >= 11 is 0. The molecule has 0 fully saturated rings. The smallest absolute Gasteiger partial charge is 0.189 e. The molecule has 19 heavy (non-hydrogen) atoms. The highest BCUT2D eigenvalue weighted by atomic mass is 31.2. The second kappa shape index (κ2) is 8.56. The Labute approximate surface area is 122 Å². The summed E-state index contributed by atoms with van der Waals surface area (Å²) in [5.41, 5.74) is 0. The molecule has 0 aromatic carbocycles. The van der Waals surface area contributed by atoms with E-state index in [9.17, 15) is 0 Å². The lowest BCUT2D eigenvalue weighted by Gasteiger charge is -2.46. The van der Waals surface area contributed by atoms with Gasteiger partial charge in [-0.15, -0.1) is 0 Å². The van der Waals surface area contributed by atoms with Crippen molar-refractivity contribution in [3.8, 4) is 0 Å². The van der Waals surface area contributed by atoms with Crippen LogP contribution in [0, 0.1) is 0 Å². The van der Waals surface area contributed by atoms with Crippen molar-refractivity contribution < 1.29 is 4.52 Å². The maximum Gasteiger partial charge on any atom is 0.189 e. The molecule has 0 amide bonds. The minimum atomic E-state index is -0.718. The highest BCUT2D eigenvalue weighted by molar-refractivity contribution is 7.47. The minimum Gasteiger partial charge on any atom is -0.329 e. The van der Waals surface area contributed by atoms with Crippen LogP contribution in [0.15, 0.2) is 0 Å². The molecule has 0 radical (unpaired) electrons. The van der Waals surface area contributed by atoms with Crippen molar-refractivity contribution in [2.45, 2.75) is 99.5 Å². The Bertz CT molecular complexity index is 206. The van der Waals surface area contributed by atoms with Crippen molar-refractivity contribution in [1.82, 2.24) is 9.34 Å². The van der Waals surface area contributed by atoms with Gasteiger partial charge in [0.05, 0.1) is 6.10 Å². The second-order valence-corrected chi connectivity index (χ2v) is 8.18. The maximum absolute atomic E-state index is 6.34. The highest BCUT2D eigenvalue weighted by Crippen LogP contribution is 2.51. The molecule has 0 aromatic rings. The molecular formula is C15H35N2OP. The minimum absolute atomic E-state index is 0.256. The molecule has 0 rings (SSSR count). The molecule has 0 aliphatic rings. The summed E-state index contributed by atoms with van der Waals surface area (Å²) in [5.74, 6) is 0. The normalized spacial score (nSPS) is 13.6. The van der Waals surface area contributed by atoms with Crippen molar-refractivity contribution in [1.29, 1.82) is 0 Å². The Morgan fingerprint density at radius 1 is 0.579 bits per heavy atom. The molecule has 0 unspecified atom stereocenters. The topological polar surface area (TPSA) is 15.7 Å². The summed E-state index contributed by atoms with van der Waals surface area (Å²) in [4.78, 5) is 0. The van der Waals surface area contributed by atoms with Crippen LogP contribution < -0.4 is 0 Å². The van der Waals surface area contributed by atoms with Gasteiger partial charge in [-0.25, -0.2) is 9.34 Å². The van der Waals surface area contributed by atoms with Gasteiger partial charge < -0.3 is 4.52 Å². The van der Waals surface area contributed by atoms with Crippen LogP contribution in [0.25, 0.3) is 0 Å². The van der Waals surface area contributed by atoms with E-state index in [0.717, 1.165) is 0 Å². The zero-order chi connectivity index (χ0) is 15.3. The molecule has 4 heteroatoms. The molecule has 0 bridgehead atoms. The van der Waals surface area contributed by atoms with Crippen LogP contribution in [0.4, 0.5) is 0 Å². The fourth-order valence-corrected chi connectivity index (χ4v) is 4.81. The van der Waals surface area contributed by atoms with Gasteiger partial charge in [0.15, 0.2) is 8.45 Å². The summed E-state index contributed by atoms with van der Waals surface area (Å²) in [6, 6.07) is 1.96. The Balaban J connectivity index is 5.36. The lowest BCUT2D eigenvalue weighted by molar-refractivity contribution is 0.160. The third kappa shape index (κ3) is 6.08. The van der Waals surface area contributed by atoms with E-state index < -0.39 is 8.45 Å². The van der Waals surface area contributed by atoms with Crippen molar-refractivity contribution >= 4 is 8.45 Å². The quantitative estimate of drug-likeness (QED) is 0.593. The Hall–Kier alpha value is 0.310. The molecule has 116 valence electrons. The predicted molar refractivity (Wildman–Crippen MR) is 87.4 cm³/mol. The van der Waals surface area contributed by atoms with Gasteiger partial charge in [0.2, 0.25) is 0 Å². The SMILES string of the molecule is CC(C)OP(N(C(C)C)C(C)C)N(C(C)C)C(C)C. The molecule has 0 aromatic heterocycles. The van der Waals surface area contributed by atoms with E-state index >= 15 is 0 Å². The molecule has 0 heterocycles. The van der Waals surface area contributed by atoms with Gasteiger partial charge in [-0.2, -0.15) is 0 Å². The van der Waals surface area contributed by atoms with E-state index in [1.54, 1.807) is 0 Å². The van der Waals surface area contributed by atoms with Gasteiger partial charge >= 0.3 is 0 Å². The highest BCUT2D eigenvalue weighted by Gasteiger charge is 2.34. The van der Waals surface area contributed by atoms with Crippen LogP contribution in [-0.2, 0) is 4.52 Å². The van der Waals surface area contributed by atoms with Gasteiger partial charge in [0.25, 0.3) is 0 Å². The van der Waals surface area contributed by atoms with E-state index in [-0.39, 0.29) is 6.10 Å². The van der Waals surface area contributed by atoms with Crippen LogP contribution in [0.5, 0.6) is 0 Å². The fourth-order valence-electron chi connectivity index (χ4n) is 2.40. The average molecular weight is 290 g/mol. The van der Waals surface area contributed by atoms with E-state index in [1.807, 2.05) is 0 Å². The Morgan fingerprint density at radius 3 is 1.00 bits per heavy atom. The van der Waals surface area contributed by atoms with Crippen molar-refractivity contribution in [3.63, 3.8) is 0 Å². The van der Waals surface area contributed by atoms with Gasteiger partial charge in [-0.3, -0.25) is 0 Å². The third-order valence-electron chi connectivity index (χ3n) is 2.82. The van der Waals surface area contributed by atoms with Gasteiger partial charge in [-0.05, 0) is 69.2 Å². The number of rotatable bonds is 8. The van der Waals surface area contributed by atoms with E-state index in [1.165, 1.54) is 0 Å². The average Bonchev–Trinajstić information content (AvgIpc) is 2.12. The van der Waals surface area contributed by atoms with Gasteiger partial charge in [0, 0.05) is 24.2 Å². The number of hydrogen-bond donors (Lipinski definition) is 0. The van der Waals surface area contributed by atoms with E-state index in [2.05, 4.69) is 78.6 Å². The summed E-state index contributed by atoms with van der Waals surface area (Å²) < 4.78 is 11.4. The number of nitrogens with zero attached hydrogens (tertiary/aromatic N) is 2. The predicted octanol–water partition coefficient (Wildman–Crippen LogP) is 4.88. The van der Waals surface area contributed by atoms with Crippen LogP contribution in [-0.4, -0.2) is 39.6 Å². The van der Waals surface area contributed by atoms with Crippen LogP contribution in [0.3, 0.4) is 0 Å². The summed E-state index contributed by atoms with van der Waals surface area (Å²) in [6.45, 7) is 22.4. The first-order valence-corrected chi connectivity index (χ1v) is 8.79. The van der Waals surface area contributed by atoms with E-state index in [4.69, 9.17) is 4.52 Å². The molecule has 0 saturated carbocycles. The van der Waals surface area contributed by atoms with Crippen LogP contribution >= 0.6 is 8.45 Å². The third-order valence-corrected chi connectivity index (χ3v) is 6.06. The zero-order valence-electron chi connectivity index (χ0n) is 14.6. The Morgan fingerprint density at radius 2 is 0.842 bits per heavy atom. The largest absolute Gasteiger partial charge is 0.329 e. The van der Waals surface area contributed by atoms with Crippen LogP contribution in [0.1, 0.15) is 69.2 Å². The standard InChI is InChI=1S/C15H35N2OP/c1-11(2)16(12(3)4)19(18-15(9)10)17(13(5)6)14(7)8/h11-15H,1-10H3. The lowest BCUT2D eigenvalue weighted by atomic mass is 10.3. The molecule has 0 saturated heterocycles. The van der Waals surface area contributed by atoms with E-state index in [0.29, 0.717) is 24.2 Å². The first kappa shape index (κ1) is 19.3. The second-order valence-electron chi connectivity index (χ2n) is 6.54. The van der Waals surface area contributed by atoms with Crippen molar-refractivity contribution in [2.75, 3.05) is 0 Å². The first-order valence-electron chi connectivity index (χ1n) is 7.62.